The van der Waals surface area contributed by atoms with Gasteiger partial charge >= 0.3 is 0 Å². The van der Waals surface area contributed by atoms with Gasteiger partial charge in [-0.3, -0.25) is 4.90 Å². The zero-order valence-electron chi connectivity index (χ0n) is 12.4. The fourth-order valence-electron chi connectivity index (χ4n) is 2.30. The van der Waals surface area contributed by atoms with E-state index in [9.17, 15) is 0 Å². The lowest BCUT2D eigenvalue weighted by Gasteiger charge is -2.19. The first kappa shape index (κ1) is 14.4. The quantitative estimate of drug-likeness (QED) is 0.729. The molecule has 1 aliphatic carbocycles. The molecule has 1 heterocycles. The van der Waals surface area contributed by atoms with Crippen molar-refractivity contribution in [1.29, 1.82) is 0 Å². The fraction of sp³-hybridized carbons (Fsp3) is 0.625. The molecule has 0 aliphatic heterocycles. The zero-order chi connectivity index (χ0) is 13.8. The van der Waals surface area contributed by atoms with E-state index in [0.717, 1.165) is 37.2 Å². The van der Waals surface area contributed by atoms with Crippen LogP contribution in [0.3, 0.4) is 0 Å². The van der Waals surface area contributed by atoms with E-state index in [2.05, 4.69) is 43.6 Å². The number of nitrogens with zero attached hydrogens (tertiary/aromatic N) is 1. The maximum absolute atomic E-state index is 5.83. The highest BCUT2D eigenvalue weighted by atomic mass is 16.3. The van der Waals surface area contributed by atoms with Crippen LogP contribution in [-0.4, -0.2) is 23.5 Å². The monoisotopic (exact) mass is 262 g/mol. The van der Waals surface area contributed by atoms with Crippen LogP contribution < -0.4 is 5.32 Å². The molecule has 1 saturated carbocycles. The van der Waals surface area contributed by atoms with Crippen LogP contribution in [0.2, 0.25) is 0 Å². The van der Waals surface area contributed by atoms with Gasteiger partial charge in [0.05, 0.1) is 6.54 Å². The van der Waals surface area contributed by atoms with E-state index in [4.69, 9.17) is 4.42 Å². The van der Waals surface area contributed by atoms with E-state index >= 15 is 0 Å². The van der Waals surface area contributed by atoms with Gasteiger partial charge in [-0.05, 0) is 25.8 Å². The minimum atomic E-state index is 0.484. The van der Waals surface area contributed by atoms with E-state index < -0.39 is 0 Å². The lowest BCUT2D eigenvalue weighted by molar-refractivity contribution is 0.281. The second-order valence-electron chi connectivity index (χ2n) is 5.78. The van der Waals surface area contributed by atoms with Crippen molar-refractivity contribution in [3.8, 4) is 0 Å². The van der Waals surface area contributed by atoms with Gasteiger partial charge in [0.15, 0.2) is 0 Å². The average molecular weight is 262 g/mol. The van der Waals surface area contributed by atoms with Gasteiger partial charge in [-0.25, -0.2) is 0 Å². The van der Waals surface area contributed by atoms with E-state index in [-0.39, 0.29) is 0 Å². The highest BCUT2D eigenvalue weighted by Crippen LogP contribution is 2.29. The molecular weight excluding hydrogens is 236 g/mol. The molecule has 0 amide bonds. The molecule has 0 unspecified atom stereocenters. The summed E-state index contributed by atoms with van der Waals surface area (Å²) in [5, 5.41) is 3.39. The summed E-state index contributed by atoms with van der Waals surface area (Å²) in [7, 11) is 0. The van der Waals surface area contributed by atoms with E-state index in [1.807, 2.05) is 6.08 Å². The average Bonchev–Trinajstić information content (AvgIpc) is 3.13. The number of hydrogen-bond donors (Lipinski definition) is 1. The molecule has 106 valence electrons. The van der Waals surface area contributed by atoms with Gasteiger partial charge in [0.25, 0.3) is 0 Å². The highest BCUT2D eigenvalue weighted by Gasteiger charge is 2.28. The second-order valence-corrected chi connectivity index (χ2v) is 5.78. The molecule has 1 aliphatic rings. The number of hydrogen-bond acceptors (Lipinski definition) is 3. The van der Waals surface area contributed by atoms with Gasteiger partial charge in [-0.15, -0.1) is 6.58 Å². The Balaban J connectivity index is 1.96. The molecule has 1 fully saturated rings. The standard InChI is InChI=1S/C16H26N2O/c1-5-8-18(15-6-7-15)11-14-9-16(19-13(14)4)10-17-12(2)3/h5,9,12,15,17H,1,6-8,10-11H2,2-4H3. The number of nitrogens with one attached hydrogen (secondary N) is 1. The summed E-state index contributed by atoms with van der Waals surface area (Å²) in [5.74, 6) is 2.09. The number of rotatable bonds is 8. The summed E-state index contributed by atoms with van der Waals surface area (Å²) >= 11 is 0. The van der Waals surface area contributed by atoms with Gasteiger partial charge in [-0.2, -0.15) is 0 Å². The molecule has 0 saturated heterocycles. The Labute approximate surface area is 116 Å². The summed E-state index contributed by atoms with van der Waals surface area (Å²) in [6.45, 7) is 13.0. The molecular formula is C16H26N2O. The maximum Gasteiger partial charge on any atom is 0.118 e. The Bertz CT molecular complexity index is 418. The van der Waals surface area contributed by atoms with Gasteiger partial charge in [0, 0.05) is 30.7 Å². The fourth-order valence-corrected chi connectivity index (χ4v) is 2.30. The van der Waals surface area contributed by atoms with Crippen molar-refractivity contribution in [2.45, 2.75) is 58.8 Å². The molecule has 1 aromatic rings. The van der Waals surface area contributed by atoms with Crippen molar-refractivity contribution in [2.24, 2.45) is 0 Å². The van der Waals surface area contributed by atoms with Crippen LogP contribution in [0, 0.1) is 6.92 Å². The van der Waals surface area contributed by atoms with Gasteiger partial charge in [0.2, 0.25) is 0 Å². The molecule has 0 radical (unpaired) electrons. The van der Waals surface area contributed by atoms with Crippen LogP contribution in [0.4, 0.5) is 0 Å². The highest BCUT2D eigenvalue weighted by molar-refractivity contribution is 5.21. The zero-order valence-corrected chi connectivity index (χ0v) is 12.4. The van der Waals surface area contributed by atoms with Crippen LogP contribution >= 0.6 is 0 Å². The van der Waals surface area contributed by atoms with E-state index in [1.165, 1.54) is 18.4 Å². The Morgan fingerprint density at radius 2 is 2.26 bits per heavy atom. The molecule has 0 atom stereocenters. The van der Waals surface area contributed by atoms with E-state index in [0.29, 0.717) is 6.04 Å². The smallest absolute Gasteiger partial charge is 0.118 e. The van der Waals surface area contributed by atoms with Crippen molar-refractivity contribution in [3.63, 3.8) is 0 Å². The Morgan fingerprint density at radius 1 is 1.53 bits per heavy atom. The third-order valence-electron chi connectivity index (χ3n) is 3.56. The normalized spacial score (nSPS) is 15.4. The van der Waals surface area contributed by atoms with E-state index in [1.54, 1.807) is 0 Å². The third-order valence-corrected chi connectivity index (χ3v) is 3.56. The summed E-state index contributed by atoms with van der Waals surface area (Å²) in [4.78, 5) is 2.49. The second kappa shape index (κ2) is 6.40. The Morgan fingerprint density at radius 3 is 2.84 bits per heavy atom. The van der Waals surface area contributed by atoms with Crippen molar-refractivity contribution < 1.29 is 4.42 Å². The summed E-state index contributed by atoms with van der Waals surface area (Å²) in [5.41, 5.74) is 1.31. The molecule has 3 heteroatoms. The molecule has 0 aromatic carbocycles. The number of aryl methyl sites for hydroxylation is 1. The van der Waals surface area contributed by atoms with Crippen molar-refractivity contribution in [3.05, 3.63) is 35.8 Å². The lowest BCUT2D eigenvalue weighted by Crippen LogP contribution is -2.25. The maximum atomic E-state index is 5.83. The van der Waals surface area contributed by atoms with Crippen LogP contribution in [0.15, 0.2) is 23.1 Å². The minimum Gasteiger partial charge on any atom is -0.465 e. The number of furan rings is 1. The Kier molecular flexibility index (Phi) is 4.83. The summed E-state index contributed by atoms with van der Waals surface area (Å²) in [6, 6.07) is 3.44. The van der Waals surface area contributed by atoms with Crippen LogP contribution in [0.25, 0.3) is 0 Å². The molecule has 2 rings (SSSR count). The molecule has 3 nitrogen and oxygen atoms in total. The lowest BCUT2D eigenvalue weighted by atomic mass is 10.2. The van der Waals surface area contributed by atoms with Gasteiger partial charge in [-0.1, -0.05) is 19.9 Å². The molecule has 19 heavy (non-hydrogen) atoms. The van der Waals surface area contributed by atoms with Crippen molar-refractivity contribution in [1.82, 2.24) is 10.2 Å². The topological polar surface area (TPSA) is 28.4 Å². The molecule has 1 aromatic heterocycles. The first-order valence-corrected chi connectivity index (χ1v) is 7.26. The summed E-state index contributed by atoms with van der Waals surface area (Å²) < 4.78 is 5.83. The summed E-state index contributed by atoms with van der Waals surface area (Å²) in [6.07, 6.45) is 4.65. The predicted octanol–water partition coefficient (Wildman–Crippen LogP) is 3.24. The third kappa shape index (κ3) is 4.22. The largest absolute Gasteiger partial charge is 0.465 e. The first-order chi connectivity index (χ1) is 9.10. The molecule has 1 N–H and O–H groups in total. The minimum absolute atomic E-state index is 0.484. The molecule has 0 bridgehead atoms. The van der Waals surface area contributed by atoms with Crippen molar-refractivity contribution >= 4 is 0 Å². The predicted molar refractivity (Wildman–Crippen MR) is 79.0 cm³/mol. The Hall–Kier alpha value is -1.06. The van der Waals surface area contributed by atoms with Crippen molar-refractivity contribution in [2.75, 3.05) is 6.54 Å². The first-order valence-electron chi connectivity index (χ1n) is 7.26. The van der Waals surface area contributed by atoms with Gasteiger partial charge in [0.1, 0.15) is 11.5 Å². The SMILES string of the molecule is C=CCN(Cc1cc(CNC(C)C)oc1C)C1CC1. The van der Waals surface area contributed by atoms with Crippen LogP contribution in [-0.2, 0) is 13.1 Å². The van der Waals surface area contributed by atoms with Crippen LogP contribution in [0.1, 0.15) is 43.8 Å². The van der Waals surface area contributed by atoms with Crippen LogP contribution in [0.5, 0.6) is 0 Å². The molecule has 0 spiro atoms. The van der Waals surface area contributed by atoms with Gasteiger partial charge < -0.3 is 9.73 Å².